The summed E-state index contributed by atoms with van der Waals surface area (Å²) in [4.78, 5) is 0. The van der Waals surface area contributed by atoms with Crippen LogP contribution in [0, 0.1) is 13.8 Å². The van der Waals surface area contributed by atoms with Gasteiger partial charge in [0.25, 0.3) is 0 Å². The molecule has 19 heavy (non-hydrogen) atoms. The van der Waals surface area contributed by atoms with Gasteiger partial charge in [0.1, 0.15) is 0 Å². The van der Waals surface area contributed by atoms with Crippen LogP contribution in [-0.4, -0.2) is 24.0 Å². The van der Waals surface area contributed by atoms with E-state index < -0.39 is 0 Å². The zero-order valence-electron chi connectivity index (χ0n) is 11.3. The molecule has 2 heterocycles. The minimum Gasteiger partial charge on any atom is -0.454 e. The topological polar surface area (TPSA) is 59.2 Å². The molecule has 0 bridgehead atoms. The summed E-state index contributed by atoms with van der Waals surface area (Å²) in [7, 11) is 1.92. The molecule has 5 heteroatoms. The maximum atomic E-state index is 5.46. The van der Waals surface area contributed by atoms with Crippen LogP contribution in [0.2, 0.25) is 0 Å². The molecular formula is C14H17N3O2. The van der Waals surface area contributed by atoms with Crippen LogP contribution in [0.25, 0.3) is 11.1 Å². The first kappa shape index (κ1) is 12.0. The first-order valence-electron chi connectivity index (χ1n) is 6.29. The van der Waals surface area contributed by atoms with E-state index >= 15 is 0 Å². The van der Waals surface area contributed by atoms with E-state index in [4.69, 9.17) is 9.47 Å². The Kier molecular flexibility index (Phi) is 2.91. The van der Waals surface area contributed by atoms with Crippen molar-refractivity contribution in [2.75, 3.05) is 13.8 Å². The normalized spacial score (nSPS) is 13.0. The van der Waals surface area contributed by atoms with Gasteiger partial charge in [0.2, 0.25) is 6.79 Å². The van der Waals surface area contributed by atoms with Gasteiger partial charge < -0.3 is 14.8 Å². The lowest BCUT2D eigenvalue weighted by Gasteiger charge is -2.09. The standard InChI is InChI=1S/C14H17N3O2/c1-8-4-12-13(19-7-18-12)5-10(8)14-9(2)16-17-11(14)6-15-3/h4-5,15H,6-7H2,1-3H3,(H,16,17). The van der Waals surface area contributed by atoms with Crippen molar-refractivity contribution in [3.63, 3.8) is 0 Å². The van der Waals surface area contributed by atoms with Gasteiger partial charge in [-0.1, -0.05) is 0 Å². The SMILES string of the molecule is CNCc1n[nH]c(C)c1-c1cc2c(cc1C)OCO2. The highest BCUT2D eigenvalue weighted by molar-refractivity contribution is 5.74. The molecule has 3 rings (SSSR count). The van der Waals surface area contributed by atoms with Crippen LogP contribution in [0.3, 0.4) is 0 Å². The predicted molar refractivity (Wildman–Crippen MR) is 72.4 cm³/mol. The number of ether oxygens (including phenoxy) is 2. The molecule has 1 aliphatic heterocycles. The summed E-state index contributed by atoms with van der Waals surface area (Å²) in [5, 5.41) is 10.6. The molecule has 0 atom stereocenters. The number of rotatable bonds is 3. The van der Waals surface area contributed by atoms with Crippen molar-refractivity contribution in [3.8, 4) is 22.6 Å². The maximum Gasteiger partial charge on any atom is 0.231 e. The Morgan fingerprint density at radius 1 is 1.26 bits per heavy atom. The van der Waals surface area contributed by atoms with Crippen LogP contribution < -0.4 is 14.8 Å². The molecule has 0 aliphatic carbocycles. The second-order valence-electron chi connectivity index (χ2n) is 4.72. The summed E-state index contributed by atoms with van der Waals surface area (Å²) in [5.74, 6) is 1.62. The second kappa shape index (κ2) is 4.59. The van der Waals surface area contributed by atoms with Gasteiger partial charge in [-0.15, -0.1) is 0 Å². The van der Waals surface area contributed by atoms with E-state index in [0.29, 0.717) is 6.79 Å². The lowest BCUT2D eigenvalue weighted by atomic mass is 9.98. The van der Waals surface area contributed by atoms with Gasteiger partial charge in [0.15, 0.2) is 11.5 Å². The number of H-pyrrole nitrogens is 1. The highest BCUT2D eigenvalue weighted by Crippen LogP contribution is 2.39. The van der Waals surface area contributed by atoms with Gasteiger partial charge >= 0.3 is 0 Å². The molecule has 5 nitrogen and oxygen atoms in total. The number of aromatic nitrogens is 2. The maximum absolute atomic E-state index is 5.46. The van der Waals surface area contributed by atoms with Gasteiger partial charge in [0, 0.05) is 17.8 Å². The third-order valence-electron chi connectivity index (χ3n) is 3.36. The molecule has 0 fully saturated rings. The molecule has 2 aromatic rings. The molecule has 0 unspecified atom stereocenters. The third kappa shape index (κ3) is 1.96. The summed E-state index contributed by atoms with van der Waals surface area (Å²) >= 11 is 0. The zero-order chi connectivity index (χ0) is 13.4. The van der Waals surface area contributed by atoms with Crippen molar-refractivity contribution in [1.82, 2.24) is 15.5 Å². The molecule has 0 saturated heterocycles. The largest absolute Gasteiger partial charge is 0.454 e. The van der Waals surface area contributed by atoms with Gasteiger partial charge in [-0.3, -0.25) is 5.10 Å². The fourth-order valence-electron chi connectivity index (χ4n) is 2.45. The monoisotopic (exact) mass is 259 g/mol. The Morgan fingerprint density at radius 3 is 2.74 bits per heavy atom. The molecule has 100 valence electrons. The molecule has 0 radical (unpaired) electrons. The number of nitrogens with one attached hydrogen (secondary N) is 2. The molecule has 1 aromatic carbocycles. The van der Waals surface area contributed by atoms with E-state index in [9.17, 15) is 0 Å². The number of aromatic amines is 1. The Hall–Kier alpha value is -2.01. The number of fused-ring (bicyclic) bond motifs is 1. The van der Waals surface area contributed by atoms with Gasteiger partial charge in [-0.25, -0.2) is 0 Å². The molecule has 2 N–H and O–H groups in total. The van der Waals surface area contributed by atoms with Crippen molar-refractivity contribution in [2.45, 2.75) is 20.4 Å². The summed E-state index contributed by atoms with van der Waals surface area (Å²) in [6.07, 6.45) is 0. The fourth-order valence-corrected chi connectivity index (χ4v) is 2.45. The number of hydrogen-bond acceptors (Lipinski definition) is 4. The van der Waals surface area contributed by atoms with Crippen molar-refractivity contribution in [1.29, 1.82) is 0 Å². The van der Waals surface area contributed by atoms with Crippen molar-refractivity contribution in [3.05, 3.63) is 29.1 Å². The molecule has 1 aliphatic rings. The molecule has 0 amide bonds. The highest BCUT2D eigenvalue weighted by Gasteiger charge is 2.20. The highest BCUT2D eigenvalue weighted by atomic mass is 16.7. The average Bonchev–Trinajstić information content (AvgIpc) is 2.96. The van der Waals surface area contributed by atoms with Crippen LogP contribution in [0.4, 0.5) is 0 Å². The van der Waals surface area contributed by atoms with Crippen LogP contribution in [-0.2, 0) is 6.54 Å². The predicted octanol–water partition coefficient (Wildman–Crippen LogP) is 2.14. The van der Waals surface area contributed by atoms with E-state index in [0.717, 1.165) is 46.1 Å². The van der Waals surface area contributed by atoms with E-state index in [1.807, 2.05) is 26.1 Å². The van der Waals surface area contributed by atoms with Crippen LogP contribution in [0.1, 0.15) is 17.0 Å². The number of nitrogens with zero attached hydrogens (tertiary/aromatic N) is 1. The second-order valence-corrected chi connectivity index (χ2v) is 4.72. The summed E-state index contributed by atoms with van der Waals surface area (Å²) in [5.41, 5.74) is 5.52. The molecular weight excluding hydrogens is 242 g/mol. The molecule has 0 saturated carbocycles. The van der Waals surface area contributed by atoms with Crippen molar-refractivity contribution < 1.29 is 9.47 Å². The molecule has 1 aromatic heterocycles. The number of hydrogen-bond donors (Lipinski definition) is 2. The minimum atomic E-state index is 0.298. The van der Waals surface area contributed by atoms with Gasteiger partial charge in [0.05, 0.1) is 5.69 Å². The first-order chi connectivity index (χ1) is 9.20. The number of benzene rings is 1. The Labute approximate surface area is 111 Å². The van der Waals surface area contributed by atoms with Crippen LogP contribution >= 0.6 is 0 Å². The minimum absolute atomic E-state index is 0.298. The fraction of sp³-hybridized carbons (Fsp3) is 0.357. The molecule has 0 spiro atoms. The first-order valence-corrected chi connectivity index (χ1v) is 6.29. The Balaban J connectivity index is 2.14. The zero-order valence-corrected chi connectivity index (χ0v) is 11.3. The quantitative estimate of drug-likeness (QED) is 0.886. The Bertz CT molecular complexity index is 619. The lowest BCUT2D eigenvalue weighted by Crippen LogP contribution is -2.06. The van der Waals surface area contributed by atoms with Crippen molar-refractivity contribution in [2.24, 2.45) is 0 Å². The van der Waals surface area contributed by atoms with E-state index in [1.54, 1.807) is 0 Å². The van der Waals surface area contributed by atoms with Crippen LogP contribution in [0.5, 0.6) is 11.5 Å². The van der Waals surface area contributed by atoms with E-state index in [2.05, 4.69) is 22.4 Å². The van der Waals surface area contributed by atoms with Crippen LogP contribution in [0.15, 0.2) is 12.1 Å². The average molecular weight is 259 g/mol. The van der Waals surface area contributed by atoms with Gasteiger partial charge in [-0.05, 0) is 44.2 Å². The van der Waals surface area contributed by atoms with Crippen molar-refractivity contribution >= 4 is 0 Å². The lowest BCUT2D eigenvalue weighted by molar-refractivity contribution is 0.174. The third-order valence-corrected chi connectivity index (χ3v) is 3.36. The van der Waals surface area contributed by atoms with Gasteiger partial charge in [-0.2, -0.15) is 5.10 Å². The summed E-state index contributed by atoms with van der Waals surface area (Å²) < 4.78 is 10.9. The Morgan fingerprint density at radius 2 is 2.00 bits per heavy atom. The summed E-state index contributed by atoms with van der Waals surface area (Å²) in [6.45, 7) is 5.14. The smallest absolute Gasteiger partial charge is 0.231 e. The number of aryl methyl sites for hydroxylation is 2. The van der Waals surface area contributed by atoms with E-state index in [-0.39, 0.29) is 0 Å². The summed E-state index contributed by atoms with van der Waals surface area (Å²) in [6, 6.07) is 4.06. The van der Waals surface area contributed by atoms with E-state index in [1.165, 1.54) is 0 Å².